The average molecular weight is 256 g/mol. The number of hydrogen-bond donors (Lipinski definition) is 1. The Hall–Kier alpha value is -1.63. The molecule has 7 heteroatoms. The SMILES string of the molecule is COC(=O)c1cncc(SCC(C)C(=O)O)n1. The van der Waals surface area contributed by atoms with Crippen molar-refractivity contribution < 1.29 is 19.4 Å². The summed E-state index contributed by atoms with van der Waals surface area (Å²) >= 11 is 1.24. The zero-order valence-electron chi connectivity index (χ0n) is 9.41. The molecule has 1 aromatic rings. The van der Waals surface area contributed by atoms with Gasteiger partial charge in [0.25, 0.3) is 0 Å². The molecule has 0 saturated carbocycles. The van der Waals surface area contributed by atoms with Crippen LogP contribution in [0.1, 0.15) is 17.4 Å². The highest BCUT2D eigenvalue weighted by atomic mass is 32.2. The summed E-state index contributed by atoms with van der Waals surface area (Å²) in [5.41, 5.74) is 0.112. The number of carboxylic acids is 1. The number of hydrogen-bond acceptors (Lipinski definition) is 6. The molecule has 0 aromatic carbocycles. The van der Waals surface area contributed by atoms with Crippen LogP contribution in [0.15, 0.2) is 17.4 Å². The summed E-state index contributed by atoms with van der Waals surface area (Å²) in [5, 5.41) is 9.22. The summed E-state index contributed by atoms with van der Waals surface area (Å²) in [5.74, 6) is -1.54. The Balaban J connectivity index is 2.66. The number of aliphatic carboxylic acids is 1. The van der Waals surface area contributed by atoms with Crippen molar-refractivity contribution in [2.75, 3.05) is 12.9 Å². The molecule has 1 atom stereocenters. The molecule has 0 saturated heterocycles. The van der Waals surface area contributed by atoms with Crippen LogP contribution in [0.3, 0.4) is 0 Å². The fourth-order valence-electron chi connectivity index (χ4n) is 0.902. The van der Waals surface area contributed by atoms with E-state index < -0.39 is 17.9 Å². The second-order valence-corrected chi connectivity index (χ2v) is 4.32. The maximum absolute atomic E-state index is 11.2. The van der Waals surface area contributed by atoms with Crippen molar-refractivity contribution in [2.24, 2.45) is 5.92 Å². The number of ether oxygens (including phenoxy) is 1. The van der Waals surface area contributed by atoms with Crippen LogP contribution in [0, 0.1) is 5.92 Å². The number of carboxylic acid groups (broad SMARTS) is 1. The van der Waals surface area contributed by atoms with Crippen molar-refractivity contribution in [1.82, 2.24) is 9.97 Å². The first-order valence-corrected chi connectivity index (χ1v) is 5.79. The van der Waals surface area contributed by atoms with E-state index in [1.54, 1.807) is 6.92 Å². The Morgan fingerprint density at radius 2 is 2.24 bits per heavy atom. The molecule has 0 fully saturated rings. The van der Waals surface area contributed by atoms with Crippen LogP contribution >= 0.6 is 11.8 Å². The lowest BCUT2D eigenvalue weighted by Crippen LogP contribution is -2.12. The molecule has 6 nitrogen and oxygen atoms in total. The lowest BCUT2D eigenvalue weighted by Gasteiger charge is -2.05. The molecule has 92 valence electrons. The lowest BCUT2D eigenvalue weighted by molar-refractivity contribution is -0.140. The standard InChI is InChI=1S/C10H12N2O4S/c1-6(9(13)14)5-17-8-4-11-3-7(12-8)10(15)16-2/h3-4,6H,5H2,1-2H3,(H,13,14). The van der Waals surface area contributed by atoms with Crippen molar-refractivity contribution in [3.63, 3.8) is 0 Å². The molecule has 1 N–H and O–H groups in total. The number of esters is 1. The van der Waals surface area contributed by atoms with E-state index >= 15 is 0 Å². The van der Waals surface area contributed by atoms with E-state index in [1.807, 2.05) is 0 Å². The maximum Gasteiger partial charge on any atom is 0.358 e. The van der Waals surface area contributed by atoms with E-state index in [4.69, 9.17) is 5.11 Å². The molecule has 1 aromatic heterocycles. The van der Waals surface area contributed by atoms with Crippen LogP contribution < -0.4 is 0 Å². The summed E-state index contributed by atoms with van der Waals surface area (Å²) in [6.07, 6.45) is 2.78. The largest absolute Gasteiger partial charge is 0.481 e. The second kappa shape index (κ2) is 6.19. The van der Waals surface area contributed by atoms with Crippen LogP contribution in [-0.2, 0) is 9.53 Å². The number of carbonyl (C=O) groups excluding carboxylic acids is 1. The van der Waals surface area contributed by atoms with E-state index in [1.165, 1.54) is 31.3 Å². The third kappa shape index (κ3) is 4.03. The van der Waals surface area contributed by atoms with Crippen molar-refractivity contribution >= 4 is 23.7 Å². The second-order valence-electron chi connectivity index (χ2n) is 3.28. The zero-order valence-corrected chi connectivity index (χ0v) is 10.2. The quantitative estimate of drug-likeness (QED) is 0.622. The Kier molecular flexibility index (Phi) is 4.89. The minimum atomic E-state index is -0.866. The fraction of sp³-hybridized carbons (Fsp3) is 0.400. The molecular weight excluding hydrogens is 244 g/mol. The van der Waals surface area contributed by atoms with E-state index in [9.17, 15) is 9.59 Å². The molecule has 0 aliphatic rings. The molecule has 0 aliphatic heterocycles. The number of carbonyl (C=O) groups is 2. The van der Waals surface area contributed by atoms with Gasteiger partial charge in [0.2, 0.25) is 0 Å². The fourth-order valence-corrected chi connectivity index (χ4v) is 1.76. The van der Waals surface area contributed by atoms with Gasteiger partial charge in [-0.2, -0.15) is 0 Å². The topological polar surface area (TPSA) is 89.4 Å². The first-order chi connectivity index (χ1) is 8.04. The van der Waals surface area contributed by atoms with E-state index in [-0.39, 0.29) is 5.69 Å². The number of methoxy groups -OCH3 is 1. The van der Waals surface area contributed by atoms with Crippen LogP contribution in [-0.4, -0.2) is 39.9 Å². The molecule has 0 bridgehead atoms. The summed E-state index contributed by atoms with van der Waals surface area (Å²) in [4.78, 5) is 29.7. The molecule has 1 rings (SSSR count). The number of aromatic nitrogens is 2. The smallest absolute Gasteiger partial charge is 0.358 e. The van der Waals surface area contributed by atoms with Crippen LogP contribution in [0.5, 0.6) is 0 Å². The van der Waals surface area contributed by atoms with Gasteiger partial charge in [-0.15, -0.1) is 11.8 Å². The Morgan fingerprint density at radius 1 is 1.53 bits per heavy atom. The van der Waals surface area contributed by atoms with Crippen molar-refractivity contribution in [1.29, 1.82) is 0 Å². The molecule has 0 radical (unpaired) electrons. The number of thioether (sulfide) groups is 1. The molecule has 0 amide bonds. The molecular formula is C10H12N2O4S. The minimum Gasteiger partial charge on any atom is -0.481 e. The van der Waals surface area contributed by atoms with Crippen LogP contribution in [0.25, 0.3) is 0 Å². The van der Waals surface area contributed by atoms with E-state index in [2.05, 4.69) is 14.7 Å². The highest BCUT2D eigenvalue weighted by Crippen LogP contribution is 2.18. The Bertz CT molecular complexity index is 425. The molecule has 17 heavy (non-hydrogen) atoms. The number of nitrogens with zero attached hydrogens (tertiary/aromatic N) is 2. The van der Waals surface area contributed by atoms with Crippen molar-refractivity contribution in [2.45, 2.75) is 11.9 Å². The van der Waals surface area contributed by atoms with Gasteiger partial charge in [-0.05, 0) is 0 Å². The van der Waals surface area contributed by atoms with Gasteiger partial charge in [0, 0.05) is 5.75 Å². The summed E-state index contributed by atoms with van der Waals surface area (Å²) < 4.78 is 4.51. The normalized spacial score (nSPS) is 11.9. The Morgan fingerprint density at radius 3 is 2.82 bits per heavy atom. The van der Waals surface area contributed by atoms with E-state index in [0.29, 0.717) is 10.8 Å². The first kappa shape index (κ1) is 13.4. The van der Waals surface area contributed by atoms with Crippen LogP contribution in [0.4, 0.5) is 0 Å². The van der Waals surface area contributed by atoms with Gasteiger partial charge in [-0.25, -0.2) is 9.78 Å². The van der Waals surface area contributed by atoms with Gasteiger partial charge in [-0.3, -0.25) is 9.78 Å². The van der Waals surface area contributed by atoms with Gasteiger partial charge in [0.05, 0.1) is 25.4 Å². The highest BCUT2D eigenvalue weighted by Gasteiger charge is 2.13. The van der Waals surface area contributed by atoms with Crippen molar-refractivity contribution in [3.05, 3.63) is 18.1 Å². The molecule has 1 heterocycles. The predicted molar refractivity (Wildman–Crippen MR) is 60.9 cm³/mol. The van der Waals surface area contributed by atoms with Crippen molar-refractivity contribution in [3.8, 4) is 0 Å². The lowest BCUT2D eigenvalue weighted by atomic mass is 10.2. The van der Waals surface area contributed by atoms with Gasteiger partial charge >= 0.3 is 11.9 Å². The van der Waals surface area contributed by atoms with Gasteiger partial charge in [-0.1, -0.05) is 6.92 Å². The van der Waals surface area contributed by atoms with Gasteiger partial charge in [0.1, 0.15) is 5.03 Å². The van der Waals surface area contributed by atoms with Gasteiger partial charge < -0.3 is 9.84 Å². The summed E-state index contributed by atoms with van der Waals surface area (Å²) in [7, 11) is 1.26. The first-order valence-electron chi connectivity index (χ1n) is 4.80. The average Bonchev–Trinajstić information content (AvgIpc) is 2.35. The predicted octanol–water partition coefficient (Wildman–Crippen LogP) is 1.08. The summed E-state index contributed by atoms with van der Waals surface area (Å²) in [6, 6.07) is 0. The third-order valence-corrected chi connectivity index (χ3v) is 3.07. The number of rotatable bonds is 5. The minimum absolute atomic E-state index is 0.112. The van der Waals surface area contributed by atoms with E-state index in [0.717, 1.165) is 0 Å². The summed E-state index contributed by atoms with van der Waals surface area (Å²) in [6.45, 7) is 1.60. The molecule has 1 unspecified atom stereocenters. The maximum atomic E-state index is 11.2. The Labute approximate surface area is 102 Å². The molecule has 0 aliphatic carbocycles. The third-order valence-electron chi connectivity index (χ3n) is 1.91. The monoisotopic (exact) mass is 256 g/mol. The zero-order chi connectivity index (χ0) is 12.8. The highest BCUT2D eigenvalue weighted by molar-refractivity contribution is 7.99. The molecule has 0 spiro atoms. The van der Waals surface area contributed by atoms with Gasteiger partial charge in [0.15, 0.2) is 5.69 Å². The van der Waals surface area contributed by atoms with Crippen LogP contribution in [0.2, 0.25) is 0 Å².